The van der Waals surface area contributed by atoms with Crippen molar-refractivity contribution in [3.8, 4) is 5.75 Å². The number of alkyl halides is 5. The average molecular weight is 416 g/mol. The number of ether oxygens (including phenoxy) is 1. The second-order valence-corrected chi connectivity index (χ2v) is 6.30. The number of ketones is 1. The number of hydrogen-bond donors (Lipinski definition) is 1. The minimum Gasteiger partial charge on any atom is -0.426 e. The highest BCUT2D eigenvalue weighted by Gasteiger charge is 2.61. The van der Waals surface area contributed by atoms with E-state index in [1.54, 1.807) is 0 Å². The van der Waals surface area contributed by atoms with E-state index in [0.29, 0.717) is 5.69 Å². The molecule has 1 N–H and O–H groups in total. The van der Waals surface area contributed by atoms with Gasteiger partial charge in [0.25, 0.3) is 5.91 Å². The van der Waals surface area contributed by atoms with Crippen LogP contribution in [0.2, 0.25) is 0 Å². The molecule has 29 heavy (non-hydrogen) atoms. The van der Waals surface area contributed by atoms with E-state index in [0.717, 1.165) is 12.1 Å². The maximum Gasteiger partial charge on any atom is 0.499 e. The summed E-state index contributed by atoms with van der Waals surface area (Å²) in [7, 11) is 0. The first-order chi connectivity index (χ1) is 13.4. The third-order valence-electron chi connectivity index (χ3n) is 3.79. The molecule has 1 heterocycles. The molecular weight excluding hydrogens is 399 g/mol. The Balaban J connectivity index is 2.12. The summed E-state index contributed by atoms with van der Waals surface area (Å²) >= 11 is 0. The van der Waals surface area contributed by atoms with Crippen LogP contribution in [-0.2, 0) is 11.2 Å². The molecule has 1 aromatic heterocycles. The molecule has 1 atom stereocenters. The van der Waals surface area contributed by atoms with Crippen LogP contribution < -0.4 is 10.1 Å². The van der Waals surface area contributed by atoms with E-state index in [4.69, 9.17) is 0 Å². The number of hydrogen-bond acceptors (Lipinski definition) is 4. The number of amides is 1. The molecule has 0 aliphatic rings. The van der Waals surface area contributed by atoms with Crippen LogP contribution in [-0.4, -0.2) is 29.0 Å². The summed E-state index contributed by atoms with van der Waals surface area (Å²) < 4.78 is 66.8. The van der Waals surface area contributed by atoms with Gasteiger partial charge >= 0.3 is 12.3 Å². The van der Waals surface area contributed by atoms with Gasteiger partial charge in [0.2, 0.25) is 0 Å². The lowest BCUT2D eigenvalue weighted by Crippen LogP contribution is -2.41. The fourth-order valence-electron chi connectivity index (χ4n) is 2.39. The SMILES string of the molecule is CC(=O)Cc1cc(C(=O)N[C@H](C)c2cccc(OC(F)(F)C(F)(F)F)c2)ccn1. The maximum atomic E-state index is 13.1. The summed E-state index contributed by atoms with van der Waals surface area (Å²) in [6.07, 6.45) is -9.78. The number of Topliss-reactive ketones (excluding diaryl/α,β-unsaturated/α-hetero) is 1. The van der Waals surface area contributed by atoms with Crippen LogP contribution in [0.25, 0.3) is 0 Å². The lowest BCUT2D eigenvalue weighted by atomic mass is 10.1. The highest BCUT2D eigenvalue weighted by Crippen LogP contribution is 2.37. The number of aromatic nitrogens is 1. The minimum atomic E-state index is -5.86. The van der Waals surface area contributed by atoms with Crippen LogP contribution in [0, 0.1) is 0 Å². The lowest BCUT2D eigenvalue weighted by molar-refractivity contribution is -0.360. The number of benzene rings is 1. The first-order valence-electron chi connectivity index (χ1n) is 8.38. The first-order valence-corrected chi connectivity index (χ1v) is 8.38. The van der Waals surface area contributed by atoms with Crippen LogP contribution in [0.4, 0.5) is 22.0 Å². The monoisotopic (exact) mass is 416 g/mol. The van der Waals surface area contributed by atoms with Gasteiger partial charge in [-0.05, 0) is 43.7 Å². The predicted molar refractivity (Wildman–Crippen MR) is 92.6 cm³/mol. The fraction of sp³-hybridized carbons (Fsp3) is 0.316. The Kier molecular flexibility index (Phi) is 6.55. The van der Waals surface area contributed by atoms with Gasteiger partial charge in [-0.1, -0.05) is 12.1 Å². The van der Waals surface area contributed by atoms with Crippen molar-refractivity contribution in [2.24, 2.45) is 0 Å². The van der Waals surface area contributed by atoms with Crippen LogP contribution >= 0.6 is 0 Å². The van der Waals surface area contributed by atoms with Gasteiger partial charge in [-0.3, -0.25) is 14.6 Å². The first kappa shape index (κ1) is 22.3. The van der Waals surface area contributed by atoms with Crippen molar-refractivity contribution < 1.29 is 36.3 Å². The van der Waals surface area contributed by atoms with Gasteiger partial charge in [0.15, 0.2) is 0 Å². The van der Waals surface area contributed by atoms with E-state index in [1.807, 2.05) is 0 Å². The van der Waals surface area contributed by atoms with Gasteiger partial charge in [-0.25, -0.2) is 0 Å². The quantitative estimate of drug-likeness (QED) is 0.686. The fourth-order valence-corrected chi connectivity index (χ4v) is 2.39. The van der Waals surface area contributed by atoms with E-state index in [2.05, 4.69) is 15.0 Å². The maximum absolute atomic E-state index is 13.1. The van der Waals surface area contributed by atoms with Crippen LogP contribution in [0.3, 0.4) is 0 Å². The van der Waals surface area contributed by atoms with Crippen LogP contribution in [0.5, 0.6) is 5.75 Å². The zero-order chi connectivity index (χ0) is 21.8. The number of nitrogens with zero attached hydrogens (tertiary/aromatic N) is 1. The lowest BCUT2D eigenvalue weighted by Gasteiger charge is -2.21. The second-order valence-electron chi connectivity index (χ2n) is 6.30. The molecule has 0 saturated carbocycles. The summed E-state index contributed by atoms with van der Waals surface area (Å²) in [6, 6.07) is 6.75. The summed E-state index contributed by atoms with van der Waals surface area (Å²) in [4.78, 5) is 27.5. The second kappa shape index (κ2) is 8.54. The highest BCUT2D eigenvalue weighted by atomic mass is 19.4. The topological polar surface area (TPSA) is 68.3 Å². The molecule has 1 aromatic carbocycles. The number of nitrogens with one attached hydrogen (secondary N) is 1. The van der Waals surface area contributed by atoms with Crippen molar-refractivity contribution in [2.45, 2.75) is 38.6 Å². The van der Waals surface area contributed by atoms with Crippen molar-refractivity contribution in [1.29, 1.82) is 0 Å². The molecule has 0 bridgehead atoms. The number of rotatable bonds is 7. The molecule has 0 aliphatic heterocycles. The van der Waals surface area contributed by atoms with Gasteiger partial charge in [0, 0.05) is 23.9 Å². The van der Waals surface area contributed by atoms with Crippen LogP contribution in [0.15, 0.2) is 42.6 Å². The average Bonchev–Trinajstić information content (AvgIpc) is 2.60. The predicted octanol–water partition coefficient (Wildman–Crippen LogP) is 4.24. The molecule has 0 unspecified atom stereocenters. The number of pyridine rings is 1. The minimum absolute atomic E-state index is 0.0590. The standard InChI is InChI=1S/C19H17F5N2O3/c1-11(27)8-15-9-14(6-7-25-15)17(28)26-12(2)13-4-3-5-16(10-13)29-19(23,24)18(20,21)22/h3-7,9-10,12H,8H2,1-2H3,(H,26,28)/t12-/m1/s1. The molecule has 0 aliphatic carbocycles. The van der Waals surface area contributed by atoms with Crippen molar-refractivity contribution in [3.63, 3.8) is 0 Å². The van der Waals surface area contributed by atoms with Crippen molar-refractivity contribution in [1.82, 2.24) is 10.3 Å². The summed E-state index contributed by atoms with van der Waals surface area (Å²) in [6.45, 7) is 2.91. The number of halogens is 5. The largest absolute Gasteiger partial charge is 0.499 e. The summed E-state index contributed by atoms with van der Waals surface area (Å²) in [5, 5.41) is 2.60. The molecule has 156 valence electrons. The Morgan fingerprint density at radius 1 is 1.14 bits per heavy atom. The van der Waals surface area contributed by atoms with Crippen molar-refractivity contribution in [2.75, 3.05) is 0 Å². The number of carbonyl (C=O) groups excluding carboxylic acids is 2. The van der Waals surface area contributed by atoms with Crippen molar-refractivity contribution in [3.05, 3.63) is 59.4 Å². The van der Waals surface area contributed by atoms with E-state index >= 15 is 0 Å². The third kappa shape index (κ3) is 5.97. The van der Waals surface area contributed by atoms with Gasteiger partial charge in [-0.15, -0.1) is 0 Å². The molecule has 5 nitrogen and oxygen atoms in total. The van der Waals surface area contributed by atoms with Gasteiger partial charge in [-0.2, -0.15) is 22.0 Å². The highest BCUT2D eigenvalue weighted by molar-refractivity contribution is 5.94. The Morgan fingerprint density at radius 2 is 1.83 bits per heavy atom. The zero-order valence-electron chi connectivity index (χ0n) is 15.4. The summed E-state index contributed by atoms with van der Waals surface area (Å²) in [5.74, 6) is -1.36. The molecule has 2 rings (SSSR count). The third-order valence-corrected chi connectivity index (χ3v) is 3.79. The molecule has 1 amide bonds. The van der Waals surface area contributed by atoms with E-state index in [9.17, 15) is 31.5 Å². The smallest absolute Gasteiger partial charge is 0.426 e. The zero-order valence-corrected chi connectivity index (χ0v) is 15.4. The molecule has 10 heteroatoms. The number of carbonyl (C=O) groups is 2. The molecule has 2 aromatic rings. The normalized spacial score (nSPS) is 12.9. The Bertz CT molecular complexity index is 899. The van der Waals surface area contributed by atoms with Crippen LogP contribution in [0.1, 0.15) is 41.5 Å². The van der Waals surface area contributed by atoms with Gasteiger partial charge in [0.1, 0.15) is 11.5 Å². The molecule has 0 saturated heterocycles. The molecule has 0 fully saturated rings. The Hall–Kier alpha value is -3.04. The van der Waals surface area contributed by atoms with E-state index < -0.39 is 30.0 Å². The van der Waals surface area contributed by atoms with Gasteiger partial charge < -0.3 is 10.1 Å². The van der Waals surface area contributed by atoms with Gasteiger partial charge in [0.05, 0.1) is 6.04 Å². The Morgan fingerprint density at radius 3 is 2.45 bits per heavy atom. The van der Waals surface area contributed by atoms with E-state index in [-0.39, 0.29) is 23.3 Å². The Labute approximate surface area is 162 Å². The van der Waals surface area contributed by atoms with Crippen molar-refractivity contribution >= 4 is 11.7 Å². The molecule has 0 spiro atoms. The summed E-state index contributed by atoms with van der Waals surface area (Å²) in [5.41, 5.74) is 0.883. The molecular formula is C19H17F5N2O3. The van der Waals surface area contributed by atoms with E-state index in [1.165, 1.54) is 44.3 Å². The molecule has 0 radical (unpaired) electrons.